The minimum Gasteiger partial charge on any atom is -0.294 e. The molecule has 0 spiro atoms. The molecule has 0 unspecified atom stereocenters. The van der Waals surface area contributed by atoms with E-state index >= 15 is 0 Å². The summed E-state index contributed by atoms with van der Waals surface area (Å²) < 4.78 is 29.2. The molecule has 3 aromatic rings. The third-order valence-corrected chi connectivity index (χ3v) is 5.45. The van der Waals surface area contributed by atoms with E-state index in [1.807, 2.05) is 0 Å². The van der Waals surface area contributed by atoms with Gasteiger partial charge >= 0.3 is 5.69 Å². The van der Waals surface area contributed by atoms with Crippen molar-refractivity contribution in [3.05, 3.63) is 80.5 Å². The number of hydrogen-bond acceptors (Lipinski definition) is 3. The topological polar surface area (TPSA) is 61.1 Å². The largest absolute Gasteiger partial charge is 0.332 e. The van der Waals surface area contributed by atoms with Crippen LogP contribution >= 0.6 is 0 Å². The molecule has 1 fully saturated rings. The Balaban J connectivity index is 1.80. The van der Waals surface area contributed by atoms with Crippen LogP contribution in [0.5, 0.6) is 0 Å². The number of nitrogens with zero attached hydrogens (tertiary/aromatic N) is 2. The van der Waals surface area contributed by atoms with E-state index in [0.717, 1.165) is 10.1 Å². The number of ketones is 1. The van der Waals surface area contributed by atoms with Crippen LogP contribution in [-0.2, 0) is 6.54 Å². The lowest BCUT2D eigenvalue weighted by Gasteiger charge is -2.35. The molecule has 29 heavy (non-hydrogen) atoms. The molecule has 1 saturated carbocycles. The molecule has 1 aliphatic rings. The maximum absolute atomic E-state index is 13.4. The Hall–Kier alpha value is -3.09. The smallest absolute Gasteiger partial charge is 0.294 e. The summed E-state index contributed by atoms with van der Waals surface area (Å²) in [6, 6.07) is 12.8. The van der Waals surface area contributed by atoms with Crippen LogP contribution in [0, 0.1) is 0 Å². The molecule has 1 aromatic heterocycles. The lowest BCUT2D eigenvalue weighted by Crippen LogP contribution is -2.49. The summed E-state index contributed by atoms with van der Waals surface area (Å²) in [6.07, 6.45) is -0.608. The molecule has 2 aromatic carbocycles. The third-order valence-electron chi connectivity index (χ3n) is 5.45. The van der Waals surface area contributed by atoms with Gasteiger partial charge in [-0.25, -0.2) is 13.6 Å². The van der Waals surface area contributed by atoms with Crippen molar-refractivity contribution < 1.29 is 13.6 Å². The van der Waals surface area contributed by atoms with Crippen LogP contribution in [0.15, 0.2) is 58.1 Å². The van der Waals surface area contributed by atoms with E-state index in [9.17, 15) is 23.2 Å². The molecule has 0 bridgehead atoms. The third kappa shape index (κ3) is 3.41. The summed E-state index contributed by atoms with van der Waals surface area (Å²) in [5.41, 5.74) is 0.692. The van der Waals surface area contributed by atoms with Gasteiger partial charge in [-0.05, 0) is 17.7 Å². The van der Waals surface area contributed by atoms with E-state index in [1.165, 1.54) is 4.57 Å². The fourth-order valence-electron chi connectivity index (χ4n) is 3.81. The van der Waals surface area contributed by atoms with Crippen LogP contribution < -0.4 is 11.2 Å². The fourth-order valence-corrected chi connectivity index (χ4v) is 3.81. The van der Waals surface area contributed by atoms with Crippen LogP contribution in [0.4, 0.5) is 8.78 Å². The van der Waals surface area contributed by atoms with Crippen LogP contribution in [0.1, 0.15) is 48.1 Å². The SMILES string of the molecule is CCC(=O)c1ccc(Cn2c(=O)n(C3CC(F)(F)C3)c(=O)c3ccccc32)cc1. The van der Waals surface area contributed by atoms with E-state index < -0.39 is 36.1 Å². The zero-order valence-electron chi connectivity index (χ0n) is 15.9. The van der Waals surface area contributed by atoms with Gasteiger partial charge in [0.25, 0.3) is 11.5 Å². The number of fused-ring (bicyclic) bond motifs is 1. The summed E-state index contributed by atoms with van der Waals surface area (Å²) >= 11 is 0. The molecule has 0 aliphatic heterocycles. The molecule has 5 nitrogen and oxygen atoms in total. The molecule has 0 atom stereocenters. The van der Waals surface area contributed by atoms with E-state index in [1.54, 1.807) is 55.5 Å². The molecule has 0 N–H and O–H groups in total. The van der Waals surface area contributed by atoms with Crippen molar-refractivity contribution >= 4 is 16.7 Å². The van der Waals surface area contributed by atoms with Gasteiger partial charge in [0.1, 0.15) is 0 Å². The van der Waals surface area contributed by atoms with Gasteiger partial charge in [0.15, 0.2) is 5.78 Å². The first-order chi connectivity index (χ1) is 13.8. The van der Waals surface area contributed by atoms with Gasteiger partial charge in [-0.1, -0.05) is 43.3 Å². The summed E-state index contributed by atoms with van der Waals surface area (Å²) in [6.45, 7) is 1.96. The van der Waals surface area contributed by atoms with E-state index in [-0.39, 0.29) is 12.3 Å². The second-order valence-corrected chi connectivity index (χ2v) is 7.45. The van der Waals surface area contributed by atoms with Crippen LogP contribution in [0.3, 0.4) is 0 Å². The van der Waals surface area contributed by atoms with Gasteiger partial charge in [0.2, 0.25) is 0 Å². The van der Waals surface area contributed by atoms with Gasteiger partial charge in [-0.2, -0.15) is 0 Å². The Morgan fingerprint density at radius 2 is 1.72 bits per heavy atom. The van der Waals surface area contributed by atoms with Crippen molar-refractivity contribution in [3.8, 4) is 0 Å². The maximum atomic E-state index is 13.4. The van der Waals surface area contributed by atoms with E-state index in [4.69, 9.17) is 0 Å². The predicted molar refractivity (Wildman–Crippen MR) is 106 cm³/mol. The number of hydrogen-bond donors (Lipinski definition) is 0. The quantitative estimate of drug-likeness (QED) is 0.615. The number of Topliss-reactive ketones (excluding diaryl/α,β-unsaturated/α-hetero) is 1. The summed E-state index contributed by atoms with van der Waals surface area (Å²) in [4.78, 5) is 37.7. The first kappa shape index (κ1) is 19.2. The number of benzene rings is 2. The summed E-state index contributed by atoms with van der Waals surface area (Å²) in [7, 11) is 0. The number of alkyl halides is 2. The Morgan fingerprint density at radius 3 is 2.34 bits per heavy atom. The summed E-state index contributed by atoms with van der Waals surface area (Å²) in [5.74, 6) is -2.81. The Labute approximate surface area is 165 Å². The molecule has 0 saturated heterocycles. The Morgan fingerprint density at radius 1 is 1.07 bits per heavy atom. The number of carbonyl (C=O) groups is 1. The highest BCUT2D eigenvalue weighted by atomic mass is 19.3. The van der Waals surface area contributed by atoms with Crippen LogP contribution in [-0.4, -0.2) is 20.8 Å². The Bertz CT molecular complexity index is 1200. The summed E-state index contributed by atoms with van der Waals surface area (Å²) in [5, 5.41) is 0.320. The molecular weight excluding hydrogens is 378 g/mol. The van der Waals surface area contributed by atoms with Gasteiger partial charge < -0.3 is 0 Å². The average molecular weight is 398 g/mol. The van der Waals surface area contributed by atoms with Gasteiger partial charge in [0.05, 0.1) is 23.5 Å². The van der Waals surface area contributed by atoms with E-state index in [2.05, 4.69) is 0 Å². The molecule has 0 radical (unpaired) electrons. The van der Waals surface area contributed by atoms with Crippen molar-refractivity contribution in [1.82, 2.24) is 9.13 Å². The van der Waals surface area contributed by atoms with Gasteiger partial charge in [0, 0.05) is 24.8 Å². The van der Waals surface area contributed by atoms with Crippen molar-refractivity contribution in [1.29, 1.82) is 0 Å². The van der Waals surface area contributed by atoms with Crippen molar-refractivity contribution in [2.24, 2.45) is 0 Å². The number of rotatable bonds is 5. The monoisotopic (exact) mass is 398 g/mol. The lowest BCUT2D eigenvalue weighted by atomic mass is 9.88. The van der Waals surface area contributed by atoms with Crippen molar-refractivity contribution in [3.63, 3.8) is 0 Å². The van der Waals surface area contributed by atoms with Crippen LogP contribution in [0.2, 0.25) is 0 Å². The highest BCUT2D eigenvalue weighted by Crippen LogP contribution is 2.44. The first-order valence-electron chi connectivity index (χ1n) is 9.55. The minimum absolute atomic E-state index is 0.0265. The highest BCUT2D eigenvalue weighted by molar-refractivity contribution is 5.95. The number of halogens is 2. The van der Waals surface area contributed by atoms with Crippen molar-refractivity contribution in [2.45, 2.75) is 44.7 Å². The number of carbonyl (C=O) groups excluding carboxylic acids is 1. The zero-order valence-corrected chi connectivity index (χ0v) is 15.9. The van der Waals surface area contributed by atoms with Crippen LogP contribution in [0.25, 0.3) is 10.9 Å². The molecule has 0 amide bonds. The molecule has 4 rings (SSSR count). The second-order valence-electron chi connectivity index (χ2n) is 7.45. The molecular formula is C22H20F2N2O3. The van der Waals surface area contributed by atoms with Gasteiger partial charge in [-0.3, -0.25) is 18.7 Å². The molecule has 7 heteroatoms. The number of para-hydroxylation sites is 1. The molecule has 150 valence electrons. The van der Waals surface area contributed by atoms with E-state index in [0.29, 0.717) is 22.9 Å². The standard InChI is InChI=1S/C22H20F2N2O3/c1-2-19(27)15-9-7-14(8-10-15)13-25-18-6-4-3-5-17(18)20(28)26(21(25)29)16-11-22(23,24)12-16/h3-10,16H,2,11-13H2,1H3. The zero-order chi connectivity index (χ0) is 20.8. The fraction of sp³-hybridized carbons (Fsp3) is 0.318. The predicted octanol–water partition coefficient (Wildman–Crippen LogP) is 3.77. The second kappa shape index (κ2) is 7.06. The number of aromatic nitrogens is 2. The Kier molecular flexibility index (Phi) is 4.68. The lowest BCUT2D eigenvalue weighted by molar-refractivity contribution is -0.105. The van der Waals surface area contributed by atoms with Gasteiger partial charge in [-0.15, -0.1) is 0 Å². The molecule has 1 heterocycles. The normalized spacial score (nSPS) is 16.0. The maximum Gasteiger partial charge on any atom is 0.332 e. The average Bonchev–Trinajstić information content (AvgIpc) is 2.69. The minimum atomic E-state index is -2.84. The molecule has 1 aliphatic carbocycles. The van der Waals surface area contributed by atoms with Crippen molar-refractivity contribution in [2.75, 3.05) is 0 Å². The first-order valence-corrected chi connectivity index (χ1v) is 9.55. The highest BCUT2D eigenvalue weighted by Gasteiger charge is 2.47.